The van der Waals surface area contributed by atoms with Crippen molar-refractivity contribution in [1.82, 2.24) is 24.6 Å². The zero-order valence-corrected chi connectivity index (χ0v) is 15.4. The fraction of sp³-hybridized carbons (Fsp3) is 0.300. The maximum absolute atomic E-state index is 12.7. The van der Waals surface area contributed by atoms with Crippen molar-refractivity contribution >= 4 is 5.91 Å². The molecule has 1 amide bonds. The molecular formula is C20H21N5O2. The lowest BCUT2D eigenvalue weighted by Gasteiger charge is -2.26. The lowest BCUT2D eigenvalue weighted by molar-refractivity contribution is 0.0299. The second-order valence-electron chi connectivity index (χ2n) is 6.58. The third kappa shape index (κ3) is 3.59. The largest absolute Gasteiger partial charge is 0.378 e. The van der Waals surface area contributed by atoms with Gasteiger partial charge in [0.25, 0.3) is 5.91 Å². The van der Waals surface area contributed by atoms with Gasteiger partial charge in [0.1, 0.15) is 5.69 Å². The number of carbonyl (C=O) groups is 1. The minimum atomic E-state index is -0.109. The van der Waals surface area contributed by atoms with Crippen LogP contribution in [0.2, 0.25) is 0 Å². The molecule has 27 heavy (non-hydrogen) atoms. The Kier molecular flexibility index (Phi) is 4.68. The first kappa shape index (κ1) is 17.4. The standard InChI is InChI=1S/C20H21N5O2/c1-14-10-15(2)25(23-14)17-5-3-4-16(11-17)18-12-21-13-19(22-18)20(26)24-6-8-27-9-7-24/h3-5,10-13H,6-9H2,1-2H3. The first-order valence-electron chi connectivity index (χ1n) is 8.95. The molecule has 0 aliphatic carbocycles. The Morgan fingerprint density at radius 2 is 1.93 bits per heavy atom. The third-order valence-corrected chi connectivity index (χ3v) is 4.55. The first-order valence-corrected chi connectivity index (χ1v) is 8.95. The van der Waals surface area contributed by atoms with Gasteiger partial charge in [0.2, 0.25) is 0 Å². The molecule has 3 heterocycles. The van der Waals surface area contributed by atoms with E-state index in [2.05, 4.69) is 15.1 Å². The van der Waals surface area contributed by atoms with E-state index in [0.29, 0.717) is 37.7 Å². The number of carbonyl (C=O) groups excluding carboxylic acids is 1. The van der Waals surface area contributed by atoms with Crippen LogP contribution in [0.15, 0.2) is 42.7 Å². The molecule has 1 aliphatic rings. The Balaban J connectivity index is 1.65. The smallest absolute Gasteiger partial charge is 0.274 e. The summed E-state index contributed by atoms with van der Waals surface area (Å²) >= 11 is 0. The Labute approximate surface area is 157 Å². The number of rotatable bonds is 3. The normalized spacial score (nSPS) is 14.4. The van der Waals surface area contributed by atoms with Crippen LogP contribution in [0.5, 0.6) is 0 Å². The SMILES string of the molecule is Cc1cc(C)n(-c2cccc(-c3cncc(C(=O)N4CCOCC4)n3)c2)n1. The molecule has 138 valence electrons. The maximum atomic E-state index is 12.7. The summed E-state index contributed by atoms with van der Waals surface area (Å²) in [5, 5.41) is 4.53. The van der Waals surface area contributed by atoms with Crippen LogP contribution in [-0.4, -0.2) is 56.9 Å². The van der Waals surface area contributed by atoms with Crippen LogP contribution in [0.4, 0.5) is 0 Å². The molecule has 7 nitrogen and oxygen atoms in total. The second-order valence-corrected chi connectivity index (χ2v) is 6.58. The Morgan fingerprint density at radius 1 is 1.11 bits per heavy atom. The van der Waals surface area contributed by atoms with E-state index in [1.807, 2.05) is 48.9 Å². The highest BCUT2D eigenvalue weighted by molar-refractivity contribution is 5.92. The summed E-state index contributed by atoms with van der Waals surface area (Å²) in [5.74, 6) is -0.109. The number of morpholine rings is 1. The molecule has 3 aromatic rings. The minimum Gasteiger partial charge on any atom is -0.378 e. The van der Waals surface area contributed by atoms with Gasteiger partial charge in [-0.15, -0.1) is 0 Å². The Hall–Kier alpha value is -3.06. The van der Waals surface area contributed by atoms with E-state index in [1.54, 1.807) is 11.1 Å². The van der Waals surface area contributed by atoms with Crippen LogP contribution >= 0.6 is 0 Å². The monoisotopic (exact) mass is 363 g/mol. The zero-order valence-electron chi connectivity index (χ0n) is 15.4. The van der Waals surface area contributed by atoms with Crippen LogP contribution < -0.4 is 0 Å². The average molecular weight is 363 g/mol. The van der Waals surface area contributed by atoms with E-state index in [1.165, 1.54) is 6.20 Å². The van der Waals surface area contributed by atoms with Gasteiger partial charge in [-0.3, -0.25) is 9.78 Å². The van der Waals surface area contributed by atoms with Gasteiger partial charge < -0.3 is 9.64 Å². The van der Waals surface area contributed by atoms with E-state index in [-0.39, 0.29) is 5.91 Å². The van der Waals surface area contributed by atoms with Crippen molar-refractivity contribution in [2.45, 2.75) is 13.8 Å². The molecule has 1 saturated heterocycles. The summed E-state index contributed by atoms with van der Waals surface area (Å²) in [7, 11) is 0. The number of nitrogens with zero attached hydrogens (tertiary/aromatic N) is 5. The molecule has 0 saturated carbocycles. The Bertz CT molecular complexity index is 976. The summed E-state index contributed by atoms with van der Waals surface area (Å²) in [6.45, 7) is 6.27. The molecule has 1 aromatic carbocycles. The number of aromatic nitrogens is 4. The van der Waals surface area contributed by atoms with E-state index >= 15 is 0 Å². The average Bonchev–Trinajstić information content (AvgIpc) is 3.06. The van der Waals surface area contributed by atoms with E-state index in [9.17, 15) is 4.79 Å². The molecular weight excluding hydrogens is 342 g/mol. The van der Waals surface area contributed by atoms with E-state index < -0.39 is 0 Å². The summed E-state index contributed by atoms with van der Waals surface area (Å²) in [4.78, 5) is 23.2. The highest BCUT2D eigenvalue weighted by atomic mass is 16.5. The quantitative estimate of drug-likeness (QED) is 0.714. The van der Waals surface area contributed by atoms with Crippen molar-refractivity contribution in [2.24, 2.45) is 0 Å². The van der Waals surface area contributed by atoms with Gasteiger partial charge in [-0.2, -0.15) is 5.10 Å². The van der Waals surface area contributed by atoms with Crippen LogP contribution in [0.3, 0.4) is 0 Å². The number of aryl methyl sites for hydroxylation is 2. The molecule has 1 fully saturated rings. The fourth-order valence-electron chi connectivity index (χ4n) is 3.22. The van der Waals surface area contributed by atoms with Crippen LogP contribution in [0.25, 0.3) is 16.9 Å². The van der Waals surface area contributed by atoms with Gasteiger partial charge in [-0.05, 0) is 32.0 Å². The first-order chi connectivity index (χ1) is 13.1. The highest BCUT2D eigenvalue weighted by Gasteiger charge is 2.20. The molecule has 0 unspecified atom stereocenters. The van der Waals surface area contributed by atoms with Gasteiger partial charge in [0.15, 0.2) is 0 Å². The van der Waals surface area contributed by atoms with E-state index in [0.717, 1.165) is 22.6 Å². The lowest BCUT2D eigenvalue weighted by atomic mass is 10.1. The van der Waals surface area contributed by atoms with Crippen LogP contribution in [0.1, 0.15) is 21.9 Å². The third-order valence-electron chi connectivity index (χ3n) is 4.55. The van der Waals surface area contributed by atoms with Crippen LogP contribution in [-0.2, 0) is 4.74 Å². The number of ether oxygens (including phenoxy) is 1. The van der Waals surface area contributed by atoms with Crippen molar-refractivity contribution in [1.29, 1.82) is 0 Å². The summed E-state index contributed by atoms with van der Waals surface area (Å²) in [5.41, 5.74) is 4.89. The van der Waals surface area contributed by atoms with Crippen molar-refractivity contribution < 1.29 is 9.53 Å². The van der Waals surface area contributed by atoms with Gasteiger partial charge in [-0.25, -0.2) is 9.67 Å². The summed E-state index contributed by atoms with van der Waals surface area (Å²) in [6, 6.07) is 9.96. The number of hydrogen-bond donors (Lipinski definition) is 0. The molecule has 7 heteroatoms. The van der Waals surface area contributed by atoms with Crippen molar-refractivity contribution in [3.8, 4) is 16.9 Å². The van der Waals surface area contributed by atoms with Gasteiger partial charge in [0, 0.05) is 24.3 Å². The second kappa shape index (κ2) is 7.28. The Morgan fingerprint density at radius 3 is 2.67 bits per heavy atom. The lowest BCUT2D eigenvalue weighted by Crippen LogP contribution is -2.41. The van der Waals surface area contributed by atoms with Gasteiger partial charge in [0.05, 0.1) is 42.7 Å². The molecule has 4 rings (SSSR count). The van der Waals surface area contributed by atoms with Crippen molar-refractivity contribution in [2.75, 3.05) is 26.3 Å². The highest BCUT2D eigenvalue weighted by Crippen LogP contribution is 2.21. The number of amides is 1. The predicted octanol–water partition coefficient (Wildman–Crippen LogP) is 2.42. The predicted molar refractivity (Wildman–Crippen MR) is 101 cm³/mol. The number of hydrogen-bond acceptors (Lipinski definition) is 5. The maximum Gasteiger partial charge on any atom is 0.274 e. The fourth-order valence-corrected chi connectivity index (χ4v) is 3.22. The van der Waals surface area contributed by atoms with Gasteiger partial charge in [-0.1, -0.05) is 12.1 Å². The summed E-state index contributed by atoms with van der Waals surface area (Å²) < 4.78 is 7.20. The number of benzene rings is 1. The van der Waals surface area contributed by atoms with Crippen LogP contribution in [0, 0.1) is 13.8 Å². The molecule has 2 aromatic heterocycles. The van der Waals surface area contributed by atoms with Gasteiger partial charge >= 0.3 is 0 Å². The summed E-state index contributed by atoms with van der Waals surface area (Å²) in [6.07, 6.45) is 3.20. The molecule has 0 spiro atoms. The van der Waals surface area contributed by atoms with E-state index in [4.69, 9.17) is 4.74 Å². The minimum absolute atomic E-state index is 0.109. The molecule has 0 atom stereocenters. The zero-order chi connectivity index (χ0) is 18.8. The molecule has 1 aliphatic heterocycles. The molecule has 0 radical (unpaired) electrons. The van der Waals surface area contributed by atoms with Crippen molar-refractivity contribution in [3.05, 3.63) is 59.8 Å². The van der Waals surface area contributed by atoms with Crippen molar-refractivity contribution in [3.63, 3.8) is 0 Å². The topological polar surface area (TPSA) is 73.1 Å². The molecule has 0 N–H and O–H groups in total. The molecule has 0 bridgehead atoms.